The Morgan fingerprint density at radius 1 is 1.21 bits per heavy atom. The molecule has 0 atom stereocenters. The van der Waals surface area contributed by atoms with E-state index in [2.05, 4.69) is 34.5 Å². The number of carbonyl (C=O) groups is 1. The van der Waals surface area contributed by atoms with Crippen molar-refractivity contribution in [1.82, 2.24) is 15.4 Å². The van der Waals surface area contributed by atoms with Crippen molar-refractivity contribution in [2.24, 2.45) is 5.92 Å². The fourth-order valence-electron chi connectivity index (χ4n) is 2.63. The number of anilines is 1. The third-order valence-electron chi connectivity index (χ3n) is 3.98. The van der Waals surface area contributed by atoms with Gasteiger partial charge in [-0.15, -0.1) is 10.2 Å². The van der Waals surface area contributed by atoms with Gasteiger partial charge in [0.05, 0.1) is 10.6 Å². The molecule has 0 saturated carbocycles. The molecular weight excluding hydrogens is 412 g/mol. The van der Waals surface area contributed by atoms with Crippen LogP contribution in [0.2, 0.25) is 0 Å². The van der Waals surface area contributed by atoms with Gasteiger partial charge in [0.25, 0.3) is 5.91 Å². The minimum atomic E-state index is -3.28. The highest BCUT2D eigenvalue weighted by Crippen LogP contribution is 2.24. The van der Waals surface area contributed by atoms with Crippen molar-refractivity contribution in [2.45, 2.75) is 38.5 Å². The maximum absolute atomic E-state index is 12.4. The number of hydrogen-bond donors (Lipinski definition) is 1. The zero-order chi connectivity index (χ0) is 21.0. The Morgan fingerprint density at radius 3 is 2.59 bits per heavy atom. The summed E-state index contributed by atoms with van der Waals surface area (Å²) in [6, 6.07) is 7.82. The van der Waals surface area contributed by atoms with Gasteiger partial charge >= 0.3 is 0 Å². The van der Waals surface area contributed by atoms with Crippen molar-refractivity contribution in [3.63, 3.8) is 0 Å². The number of rotatable bonds is 8. The Morgan fingerprint density at radius 2 is 1.93 bits per heavy atom. The summed E-state index contributed by atoms with van der Waals surface area (Å²) in [5.41, 5.74) is 0.727. The Balaban J connectivity index is 1.70. The molecule has 0 radical (unpaired) electrons. The summed E-state index contributed by atoms with van der Waals surface area (Å²) >= 11 is 1.33. The van der Waals surface area contributed by atoms with Crippen LogP contribution in [0.1, 0.15) is 42.7 Å². The first kappa shape index (κ1) is 21.1. The molecule has 29 heavy (non-hydrogen) atoms. The van der Waals surface area contributed by atoms with Gasteiger partial charge in [-0.2, -0.15) is 0 Å². The zero-order valence-corrected chi connectivity index (χ0v) is 18.0. The fraction of sp³-hybridized carbons (Fsp3) is 0.368. The summed E-state index contributed by atoms with van der Waals surface area (Å²) in [6.45, 7) is 5.99. The van der Waals surface area contributed by atoms with E-state index in [-0.39, 0.29) is 16.3 Å². The Hall–Kier alpha value is -2.59. The lowest BCUT2D eigenvalue weighted by molar-refractivity contribution is 0.101. The zero-order valence-electron chi connectivity index (χ0n) is 16.4. The molecule has 2 aromatic heterocycles. The number of carbonyl (C=O) groups excluding carboxylic acids is 1. The van der Waals surface area contributed by atoms with Crippen molar-refractivity contribution >= 4 is 32.2 Å². The molecule has 0 fully saturated rings. The minimum absolute atomic E-state index is 0.100. The maximum atomic E-state index is 12.4. The lowest BCUT2D eigenvalue weighted by Crippen LogP contribution is -2.11. The smallest absolute Gasteiger partial charge is 0.279 e. The van der Waals surface area contributed by atoms with E-state index in [4.69, 9.17) is 4.52 Å². The average molecular weight is 435 g/mol. The first-order valence-electron chi connectivity index (χ1n) is 9.22. The van der Waals surface area contributed by atoms with Crippen LogP contribution in [-0.4, -0.2) is 35.4 Å². The minimum Gasteiger partial charge on any atom is -0.355 e. The van der Waals surface area contributed by atoms with Crippen LogP contribution in [0, 0.1) is 5.92 Å². The third-order valence-corrected chi connectivity index (χ3v) is 6.78. The number of hydrogen-bond acceptors (Lipinski definition) is 8. The van der Waals surface area contributed by atoms with Crippen molar-refractivity contribution in [2.75, 3.05) is 11.1 Å². The van der Waals surface area contributed by atoms with Crippen molar-refractivity contribution in [1.29, 1.82) is 0 Å². The molecule has 154 valence electrons. The lowest BCUT2D eigenvalue weighted by atomic mass is 10.1. The number of nitrogens with zero attached hydrogens (tertiary/aromatic N) is 3. The molecule has 0 aliphatic heterocycles. The summed E-state index contributed by atoms with van der Waals surface area (Å²) in [7, 11) is -3.28. The van der Waals surface area contributed by atoms with E-state index in [0.717, 1.165) is 11.4 Å². The molecule has 1 N–H and O–H groups in total. The highest BCUT2D eigenvalue weighted by molar-refractivity contribution is 7.91. The molecule has 8 nitrogen and oxygen atoms in total. The van der Waals surface area contributed by atoms with Crippen LogP contribution >= 0.6 is 11.3 Å². The van der Waals surface area contributed by atoms with Crippen LogP contribution in [-0.2, 0) is 16.3 Å². The molecule has 0 bridgehead atoms. The topological polar surface area (TPSA) is 115 Å². The van der Waals surface area contributed by atoms with Gasteiger partial charge in [-0.3, -0.25) is 10.1 Å². The fourth-order valence-corrected chi connectivity index (χ4v) is 4.90. The summed E-state index contributed by atoms with van der Waals surface area (Å²) in [6.07, 6.45) is 1.35. The molecule has 0 saturated heterocycles. The molecule has 0 unspecified atom stereocenters. The predicted octanol–water partition coefficient (Wildman–Crippen LogP) is 3.83. The van der Waals surface area contributed by atoms with Gasteiger partial charge < -0.3 is 4.52 Å². The monoisotopic (exact) mass is 434 g/mol. The molecule has 1 amide bonds. The Labute approximate surface area is 173 Å². The standard InChI is InChI=1S/C19H22N4O4S2/c1-4-9-29(25,26)14-7-5-13(6-8-14)16-11-15(23-27-16)18(24)20-19-22-21-17(28-19)10-12(2)3/h5-8,11-12H,4,9-10H2,1-3H3,(H,20,22,24). The highest BCUT2D eigenvalue weighted by Gasteiger charge is 2.17. The molecular formula is C19H22N4O4S2. The average Bonchev–Trinajstić information content (AvgIpc) is 3.31. The van der Waals surface area contributed by atoms with E-state index in [1.165, 1.54) is 29.5 Å². The van der Waals surface area contributed by atoms with E-state index in [0.29, 0.717) is 28.8 Å². The van der Waals surface area contributed by atoms with E-state index in [9.17, 15) is 13.2 Å². The Bertz CT molecular complexity index is 1090. The molecule has 0 aliphatic rings. The second kappa shape index (κ2) is 8.83. The number of sulfone groups is 1. The summed E-state index contributed by atoms with van der Waals surface area (Å²) in [5.74, 6) is 0.471. The first-order chi connectivity index (χ1) is 13.8. The van der Waals surface area contributed by atoms with Gasteiger partial charge in [0, 0.05) is 18.1 Å². The van der Waals surface area contributed by atoms with Gasteiger partial charge in [-0.25, -0.2) is 8.42 Å². The number of benzene rings is 1. The van der Waals surface area contributed by atoms with Gasteiger partial charge in [0.15, 0.2) is 21.3 Å². The van der Waals surface area contributed by atoms with Gasteiger partial charge in [0.2, 0.25) is 5.13 Å². The largest absolute Gasteiger partial charge is 0.355 e. The van der Waals surface area contributed by atoms with E-state index >= 15 is 0 Å². The summed E-state index contributed by atoms with van der Waals surface area (Å²) < 4.78 is 29.5. The van der Waals surface area contributed by atoms with Crippen LogP contribution in [0.15, 0.2) is 39.8 Å². The van der Waals surface area contributed by atoms with Crippen LogP contribution in [0.4, 0.5) is 5.13 Å². The van der Waals surface area contributed by atoms with Crippen molar-refractivity contribution in [3.8, 4) is 11.3 Å². The summed E-state index contributed by atoms with van der Waals surface area (Å²) in [5, 5.41) is 15.7. The molecule has 2 heterocycles. The summed E-state index contributed by atoms with van der Waals surface area (Å²) in [4.78, 5) is 12.6. The highest BCUT2D eigenvalue weighted by atomic mass is 32.2. The number of aromatic nitrogens is 3. The van der Waals surface area contributed by atoms with E-state index < -0.39 is 15.7 Å². The lowest BCUT2D eigenvalue weighted by Gasteiger charge is -2.03. The molecule has 10 heteroatoms. The molecule has 1 aromatic carbocycles. The van der Waals surface area contributed by atoms with Crippen LogP contribution in [0.5, 0.6) is 0 Å². The van der Waals surface area contributed by atoms with Gasteiger partial charge in [0.1, 0.15) is 5.01 Å². The first-order valence-corrected chi connectivity index (χ1v) is 11.7. The molecule has 0 aliphatic carbocycles. The van der Waals surface area contributed by atoms with Crippen molar-refractivity contribution in [3.05, 3.63) is 41.0 Å². The van der Waals surface area contributed by atoms with E-state index in [1.54, 1.807) is 12.1 Å². The normalized spacial score (nSPS) is 11.7. The second-order valence-electron chi connectivity index (χ2n) is 6.97. The van der Waals surface area contributed by atoms with Crippen LogP contribution in [0.3, 0.4) is 0 Å². The second-order valence-corrected chi connectivity index (χ2v) is 10.1. The van der Waals surface area contributed by atoms with Crippen molar-refractivity contribution < 1.29 is 17.7 Å². The molecule has 3 rings (SSSR count). The van der Waals surface area contributed by atoms with Crippen LogP contribution in [0.25, 0.3) is 11.3 Å². The van der Waals surface area contributed by atoms with Gasteiger partial charge in [-0.05, 0) is 36.6 Å². The number of nitrogens with one attached hydrogen (secondary N) is 1. The maximum Gasteiger partial charge on any atom is 0.279 e. The predicted molar refractivity (Wildman–Crippen MR) is 111 cm³/mol. The molecule has 0 spiro atoms. The number of amides is 1. The SMILES string of the molecule is CCCS(=O)(=O)c1ccc(-c2cc(C(=O)Nc3nnc(CC(C)C)s3)no2)cc1. The quantitative estimate of drug-likeness (QED) is 0.573. The molecule has 3 aromatic rings. The van der Waals surface area contributed by atoms with Crippen LogP contribution < -0.4 is 5.32 Å². The van der Waals surface area contributed by atoms with E-state index in [1.807, 2.05) is 6.92 Å². The van der Waals surface area contributed by atoms with Gasteiger partial charge in [-0.1, -0.05) is 37.3 Å². The Kier molecular flexibility index (Phi) is 6.43. The third kappa shape index (κ3) is 5.27.